The highest BCUT2D eigenvalue weighted by molar-refractivity contribution is 7.90. The van der Waals surface area contributed by atoms with Crippen LogP contribution in [0.5, 0.6) is 0 Å². The largest absolute Gasteiger partial charge is 0.341 e. The van der Waals surface area contributed by atoms with E-state index in [1.54, 1.807) is 12.1 Å². The van der Waals surface area contributed by atoms with Crippen molar-refractivity contribution < 1.29 is 18.0 Å². The van der Waals surface area contributed by atoms with E-state index in [4.69, 9.17) is 0 Å². The number of fused-ring (bicyclic) bond motifs is 2. The van der Waals surface area contributed by atoms with Crippen LogP contribution in [0.4, 0.5) is 11.5 Å². The highest BCUT2D eigenvalue weighted by atomic mass is 32.2. The molecular weight excluding hydrogens is 406 g/mol. The number of ketones is 1. The van der Waals surface area contributed by atoms with Crippen LogP contribution in [-0.2, 0) is 14.8 Å². The van der Waals surface area contributed by atoms with Crippen molar-refractivity contribution in [3.8, 4) is 0 Å². The molecule has 1 amide bonds. The van der Waals surface area contributed by atoms with Crippen molar-refractivity contribution in [1.29, 1.82) is 0 Å². The summed E-state index contributed by atoms with van der Waals surface area (Å²) in [6.45, 7) is 6.49. The van der Waals surface area contributed by atoms with Gasteiger partial charge >= 0.3 is 0 Å². The van der Waals surface area contributed by atoms with Crippen LogP contribution in [0.25, 0.3) is 0 Å². The molecule has 2 aliphatic rings. The van der Waals surface area contributed by atoms with Crippen LogP contribution in [0, 0.1) is 11.3 Å². The van der Waals surface area contributed by atoms with Gasteiger partial charge in [-0.05, 0) is 30.0 Å². The fraction of sp³-hybridized carbons (Fsp3) is 0.350. The van der Waals surface area contributed by atoms with Gasteiger partial charge in [-0.15, -0.1) is 4.40 Å². The maximum atomic E-state index is 13.4. The van der Waals surface area contributed by atoms with Crippen LogP contribution >= 0.6 is 0 Å². The number of sulfonamides is 1. The van der Waals surface area contributed by atoms with Crippen LogP contribution < -0.4 is 10.2 Å². The molecular formula is C20H21N5O4S. The number of amides is 1. The molecule has 0 radical (unpaired) electrons. The van der Waals surface area contributed by atoms with E-state index >= 15 is 0 Å². The molecule has 2 aromatic heterocycles. The summed E-state index contributed by atoms with van der Waals surface area (Å²) < 4.78 is 29.0. The molecule has 1 N–H and O–H groups in total. The van der Waals surface area contributed by atoms with Crippen molar-refractivity contribution >= 4 is 39.1 Å². The van der Waals surface area contributed by atoms with Gasteiger partial charge in [-0.25, -0.2) is 4.98 Å². The molecule has 4 heterocycles. The third kappa shape index (κ3) is 3.47. The van der Waals surface area contributed by atoms with Gasteiger partial charge in [-0.1, -0.05) is 20.8 Å². The standard InChI is InChI=1S/C20H21N5O4S/c1-20(2,3)7-10-25-18-12(5-4-8-22-18)16(26)15(19(25)27)17-23-13-6-9-21-11-14(13)30(28,29)24-17/h4-6,8-9,11,15H,7,10H2,1-3H3,(H,23,24). The number of nitrogens with zero attached hydrogens (tertiary/aromatic N) is 4. The first-order valence-corrected chi connectivity index (χ1v) is 10.9. The number of carbonyl (C=O) groups excluding carboxylic acids is 2. The predicted octanol–water partition coefficient (Wildman–Crippen LogP) is 2.27. The monoisotopic (exact) mass is 427 g/mol. The topological polar surface area (TPSA) is 122 Å². The molecule has 0 aliphatic carbocycles. The Hall–Kier alpha value is -3.14. The number of aromatic nitrogens is 2. The molecule has 156 valence electrons. The summed E-state index contributed by atoms with van der Waals surface area (Å²) in [6.07, 6.45) is 4.79. The van der Waals surface area contributed by atoms with E-state index in [0.29, 0.717) is 13.0 Å². The molecule has 0 aromatic carbocycles. The number of carbonyl (C=O) groups is 2. The maximum Gasteiger partial charge on any atom is 0.287 e. The number of hydrogen-bond acceptors (Lipinski definition) is 7. The second-order valence-electron chi connectivity index (χ2n) is 8.42. The Morgan fingerprint density at radius 1 is 1.17 bits per heavy atom. The Balaban J connectivity index is 1.79. The Kier molecular flexibility index (Phi) is 4.69. The summed E-state index contributed by atoms with van der Waals surface area (Å²) in [5.74, 6) is -2.39. The number of Topliss-reactive ketones (excluding diaryl/α,β-unsaturated/α-hetero) is 1. The van der Waals surface area contributed by atoms with Gasteiger partial charge in [0.1, 0.15) is 16.5 Å². The molecule has 0 saturated heterocycles. The normalized spacial score (nSPS) is 20.2. The highest BCUT2D eigenvalue weighted by Crippen LogP contribution is 2.34. The number of rotatable bonds is 3. The first kappa shape index (κ1) is 20.1. The second-order valence-corrected chi connectivity index (χ2v) is 9.99. The quantitative estimate of drug-likeness (QED) is 0.746. The van der Waals surface area contributed by atoms with E-state index in [0.717, 1.165) is 0 Å². The molecule has 10 heteroatoms. The molecule has 2 aromatic rings. The Labute approximate surface area is 174 Å². The lowest BCUT2D eigenvalue weighted by atomic mass is 9.88. The first-order valence-electron chi connectivity index (χ1n) is 9.45. The smallest absolute Gasteiger partial charge is 0.287 e. The minimum absolute atomic E-state index is 0.0535. The zero-order valence-corrected chi connectivity index (χ0v) is 17.6. The summed E-state index contributed by atoms with van der Waals surface area (Å²) in [4.78, 5) is 36.0. The fourth-order valence-electron chi connectivity index (χ4n) is 3.39. The summed E-state index contributed by atoms with van der Waals surface area (Å²) >= 11 is 0. The van der Waals surface area contributed by atoms with Gasteiger partial charge in [0.05, 0.1) is 11.3 Å². The van der Waals surface area contributed by atoms with Crippen molar-refractivity contribution in [3.05, 3.63) is 42.4 Å². The highest BCUT2D eigenvalue weighted by Gasteiger charge is 2.45. The van der Waals surface area contributed by atoms with Gasteiger partial charge in [-0.3, -0.25) is 19.5 Å². The minimum Gasteiger partial charge on any atom is -0.341 e. The molecule has 0 saturated carbocycles. The zero-order chi connectivity index (χ0) is 21.7. The fourth-order valence-corrected chi connectivity index (χ4v) is 4.49. The number of nitrogens with one attached hydrogen (secondary N) is 1. The first-order chi connectivity index (χ1) is 14.1. The predicted molar refractivity (Wildman–Crippen MR) is 111 cm³/mol. The summed E-state index contributed by atoms with van der Waals surface area (Å²) in [6, 6.07) is 4.66. The Morgan fingerprint density at radius 3 is 2.67 bits per heavy atom. The number of hydrogen-bond donors (Lipinski definition) is 1. The van der Waals surface area contributed by atoms with Gasteiger partial charge in [-0.2, -0.15) is 8.42 Å². The lowest BCUT2D eigenvalue weighted by Crippen LogP contribution is -2.51. The van der Waals surface area contributed by atoms with Gasteiger partial charge in [0.25, 0.3) is 10.0 Å². The van der Waals surface area contributed by atoms with Gasteiger partial charge in [0.15, 0.2) is 11.7 Å². The summed E-state index contributed by atoms with van der Waals surface area (Å²) in [5, 5.41) is 2.85. The SMILES string of the molecule is CC(C)(C)CCN1C(=O)C(C2=NS(=O)(=O)c3cnccc3N2)C(=O)c2cccnc21. The second kappa shape index (κ2) is 6.98. The van der Waals surface area contributed by atoms with Crippen LogP contribution in [0.3, 0.4) is 0 Å². The van der Waals surface area contributed by atoms with Gasteiger partial charge in [0, 0.05) is 25.1 Å². The van der Waals surface area contributed by atoms with Crippen molar-refractivity contribution in [2.24, 2.45) is 15.7 Å². The van der Waals surface area contributed by atoms with E-state index in [9.17, 15) is 18.0 Å². The van der Waals surface area contributed by atoms with Crippen molar-refractivity contribution in [1.82, 2.24) is 9.97 Å². The Morgan fingerprint density at radius 2 is 1.93 bits per heavy atom. The van der Waals surface area contributed by atoms with E-state index < -0.39 is 27.6 Å². The number of amidine groups is 1. The molecule has 9 nitrogen and oxygen atoms in total. The average molecular weight is 427 g/mol. The summed E-state index contributed by atoms with van der Waals surface area (Å²) in [5.41, 5.74) is 0.439. The van der Waals surface area contributed by atoms with Crippen molar-refractivity contribution in [3.63, 3.8) is 0 Å². The maximum absolute atomic E-state index is 13.4. The Bertz CT molecular complexity index is 1180. The van der Waals surface area contributed by atoms with Crippen LogP contribution in [0.15, 0.2) is 46.1 Å². The lowest BCUT2D eigenvalue weighted by Gasteiger charge is -2.34. The third-order valence-corrected chi connectivity index (χ3v) is 6.30. The number of anilines is 2. The molecule has 0 fully saturated rings. The van der Waals surface area contributed by atoms with Gasteiger partial charge in [0.2, 0.25) is 5.91 Å². The van der Waals surface area contributed by atoms with E-state index in [1.165, 1.54) is 29.6 Å². The van der Waals surface area contributed by atoms with E-state index in [1.807, 2.05) is 20.8 Å². The molecule has 1 unspecified atom stereocenters. The van der Waals surface area contributed by atoms with Crippen molar-refractivity contribution in [2.75, 3.05) is 16.8 Å². The molecule has 0 spiro atoms. The van der Waals surface area contributed by atoms with Crippen LogP contribution in [0.1, 0.15) is 37.6 Å². The minimum atomic E-state index is -4.09. The lowest BCUT2D eigenvalue weighted by molar-refractivity contribution is -0.119. The van der Waals surface area contributed by atoms with E-state index in [-0.39, 0.29) is 33.2 Å². The van der Waals surface area contributed by atoms with Crippen LogP contribution in [-0.4, -0.2) is 42.5 Å². The summed E-state index contributed by atoms with van der Waals surface area (Å²) in [7, 11) is -4.09. The molecule has 0 bridgehead atoms. The van der Waals surface area contributed by atoms with Crippen molar-refractivity contribution in [2.45, 2.75) is 32.1 Å². The third-order valence-electron chi connectivity index (χ3n) is 4.99. The molecule has 1 atom stereocenters. The van der Waals surface area contributed by atoms with Gasteiger partial charge < -0.3 is 5.32 Å². The molecule has 4 rings (SSSR count). The molecule has 30 heavy (non-hydrogen) atoms. The van der Waals surface area contributed by atoms with Crippen LogP contribution in [0.2, 0.25) is 0 Å². The molecule has 2 aliphatic heterocycles. The zero-order valence-electron chi connectivity index (χ0n) is 16.8. The van der Waals surface area contributed by atoms with E-state index in [2.05, 4.69) is 19.7 Å². The number of pyridine rings is 2. The average Bonchev–Trinajstić information content (AvgIpc) is 2.67.